The summed E-state index contributed by atoms with van der Waals surface area (Å²) in [7, 11) is 0. The summed E-state index contributed by atoms with van der Waals surface area (Å²) < 4.78 is 13.4. The minimum Gasteiger partial charge on any atom is -0.340 e. The summed E-state index contributed by atoms with van der Waals surface area (Å²) in [6.07, 6.45) is 6.69. The fourth-order valence-corrected chi connectivity index (χ4v) is 3.46. The predicted molar refractivity (Wildman–Crippen MR) is 95.3 cm³/mol. The Hall–Kier alpha value is -1.82. The van der Waals surface area contributed by atoms with Crippen LogP contribution in [0.15, 0.2) is 30.5 Å². The molecule has 0 bridgehead atoms. The van der Waals surface area contributed by atoms with E-state index in [1.807, 2.05) is 24.1 Å². The highest BCUT2D eigenvalue weighted by Gasteiger charge is 2.32. The van der Waals surface area contributed by atoms with Crippen molar-refractivity contribution in [3.63, 3.8) is 0 Å². The van der Waals surface area contributed by atoms with Crippen molar-refractivity contribution in [2.45, 2.75) is 37.5 Å². The van der Waals surface area contributed by atoms with Crippen LogP contribution in [0.1, 0.15) is 38.1 Å². The molecule has 1 fully saturated rings. The van der Waals surface area contributed by atoms with Crippen LogP contribution < -0.4 is 0 Å². The lowest BCUT2D eigenvalue weighted by Gasteiger charge is -2.36. The minimum atomic E-state index is -0.271. The number of nitrogens with one attached hydrogen (secondary N) is 1. The van der Waals surface area contributed by atoms with E-state index in [4.69, 9.17) is 0 Å². The smallest absolute Gasteiger partial charge is 0.236 e. The molecule has 2 aromatic rings. The molecule has 1 aromatic heterocycles. The molecule has 0 spiro atoms. The van der Waals surface area contributed by atoms with E-state index in [1.54, 1.807) is 24.0 Å². The number of H-pyrrole nitrogens is 1. The third-order valence-electron chi connectivity index (χ3n) is 4.53. The van der Waals surface area contributed by atoms with Gasteiger partial charge < -0.3 is 9.88 Å². The van der Waals surface area contributed by atoms with Crippen molar-refractivity contribution < 1.29 is 9.18 Å². The molecule has 24 heavy (non-hydrogen) atoms. The van der Waals surface area contributed by atoms with Crippen LogP contribution in [0.3, 0.4) is 0 Å². The first-order valence-electron chi connectivity index (χ1n) is 8.24. The number of hydrogen-bond acceptors (Lipinski definition) is 3. The second-order valence-electron chi connectivity index (χ2n) is 6.11. The molecule has 6 heteroatoms. The summed E-state index contributed by atoms with van der Waals surface area (Å²) in [5, 5.41) is -0.0525. The Bertz CT molecular complexity index is 718. The largest absolute Gasteiger partial charge is 0.340 e. The molecule has 1 N–H and O–H groups in total. The average molecular weight is 347 g/mol. The molecule has 1 aromatic carbocycles. The average Bonchev–Trinajstić information content (AvgIpc) is 3.10. The van der Waals surface area contributed by atoms with Crippen molar-refractivity contribution in [3.8, 4) is 11.3 Å². The standard InChI is InChI=1S/C18H22FN3OS/c1-12(24-2)18(23)22-9-4-3-8-16(22)17-20-11-15(21-17)13-6-5-7-14(19)10-13/h5-7,10-12,16H,3-4,8-9H2,1-2H3,(H,20,21). The highest BCUT2D eigenvalue weighted by Crippen LogP contribution is 2.32. The molecule has 2 atom stereocenters. The number of amides is 1. The zero-order valence-electron chi connectivity index (χ0n) is 14.0. The van der Waals surface area contributed by atoms with Crippen molar-refractivity contribution in [2.75, 3.05) is 12.8 Å². The van der Waals surface area contributed by atoms with E-state index in [0.717, 1.165) is 42.9 Å². The number of carbonyl (C=O) groups excluding carboxylic acids is 1. The second kappa shape index (κ2) is 7.38. The predicted octanol–water partition coefficient (Wildman–Crippen LogP) is 4.02. The molecule has 3 rings (SSSR count). The molecule has 128 valence electrons. The van der Waals surface area contributed by atoms with Gasteiger partial charge in [-0.3, -0.25) is 4.79 Å². The molecule has 0 aliphatic carbocycles. The van der Waals surface area contributed by atoms with E-state index in [0.29, 0.717) is 0 Å². The monoisotopic (exact) mass is 347 g/mol. The summed E-state index contributed by atoms with van der Waals surface area (Å²) in [5.74, 6) is 0.679. The maximum atomic E-state index is 13.4. The number of nitrogens with zero attached hydrogens (tertiary/aromatic N) is 2. The highest BCUT2D eigenvalue weighted by atomic mass is 32.2. The van der Waals surface area contributed by atoms with Crippen LogP contribution >= 0.6 is 11.8 Å². The quantitative estimate of drug-likeness (QED) is 0.909. The topological polar surface area (TPSA) is 49.0 Å². The Morgan fingerprint density at radius 3 is 3.04 bits per heavy atom. The molecule has 0 radical (unpaired) electrons. The zero-order chi connectivity index (χ0) is 17.1. The van der Waals surface area contributed by atoms with Gasteiger partial charge in [-0.25, -0.2) is 9.37 Å². The van der Waals surface area contributed by atoms with Crippen molar-refractivity contribution in [3.05, 3.63) is 42.1 Å². The van der Waals surface area contributed by atoms with Gasteiger partial charge in [0.15, 0.2) is 0 Å². The fraction of sp³-hybridized carbons (Fsp3) is 0.444. The van der Waals surface area contributed by atoms with Gasteiger partial charge in [-0.15, -0.1) is 0 Å². The number of piperidine rings is 1. The Balaban J connectivity index is 1.85. The molecule has 2 heterocycles. The van der Waals surface area contributed by atoms with Gasteiger partial charge in [-0.2, -0.15) is 11.8 Å². The van der Waals surface area contributed by atoms with E-state index < -0.39 is 0 Å². The number of likely N-dealkylation sites (tertiary alicyclic amines) is 1. The van der Waals surface area contributed by atoms with Crippen LogP contribution in [-0.4, -0.2) is 38.8 Å². The van der Waals surface area contributed by atoms with Crippen LogP contribution in [0.25, 0.3) is 11.3 Å². The first-order chi connectivity index (χ1) is 11.6. The van der Waals surface area contributed by atoms with Crippen LogP contribution in [0, 0.1) is 5.82 Å². The molecule has 2 unspecified atom stereocenters. The Morgan fingerprint density at radius 2 is 2.29 bits per heavy atom. The molecular weight excluding hydrogens is 325 g/mol. The third-order valence-corrected chi connectivity index (χ3v) is 5.44. The maximum absolute atomic E-state index is 13.4. The fourth-order valence-electron chi connectivity index (χ4n) is 3.12. The van der Waals surface area contributed by atoms with Crippen molar-refractivity contribution in [1.29, 1.82) is 0 Å². The van der Waals surface area contributed by atoms with Gasteiger partial charge in [0.05, 0.1) is 23.2 Å². The van der Waals surface area contributed by atoms with Gasteiger partial charge in [0.1, 0.15) is 11.6 Å². The number of rotatable bonds is 4. The molecule has 1 amide bonds. The Morgan fingerprint density at radius 1 is 1.46 bits per heavy atom. The van der Waals surface area contributed by atoms with Crippen LogP contribution in [-0.2, 0) is 4.79 Å². The number of benzene rings is 1. The minimum absolute atomic E-state index is 0.0249. The third kappa shape index (κ3) is 3.48. The molecule has 1 aliphatic heterocycles. The normalized spacial score (nSPS) is 19.3. The van der Waals surface area contributed by atoms with Gasteiger partial charge in [-0.1, -0.05) is 12.1 Å². The maximum Gasteiger partial charge on any atom is 0.236 e. The van der Waals surface area contributed by atoms with E-state index in [9.17, 15) is 9.18 Å². The number of carbonyl (C=O) groups is 1. The van der Waals surface area contributed by atoms with Crippen molar-refractivity contribution in [1.82, 2.24) is 14.9 Å². The van der Waals surface area contributed by atoms with Crippen molar-refractivity contribution in [2.24, 2.45) is 0 Å². The Labute approximate surface area is 145 Å². The molecule has 4 nitrogen and oxygen atoms in total. The van der Waals surface area contributed by atoms with Crippen LogP contribution in [0.2, 0.25) is 0 Å². The van der Waals surface area contributed by atoms with Gasteiger partial charge in [-0.05, 0) is 44.6 Å². The van der Waals surface area contributed by atoms with E-state index in [2.05, 4.69) is 9.97 Å². The summed E-state index contributed by atoms with van der Waals surface area (Å²) in [6.45, 7) is 2.71. The molecule has 0 saturated carbocycles. The molecular formula is C18H22FN3OS. The number of hydrogen-bond donors (Lipinski definition) is 1. The van der Waals surface area contributed by atoms with Crippen LogP contribution in [0.4, 0.5) is 4.39 Å². The lowest BCUT2D eigenvalue weighted by atomic mass is 10.0. The number of thioether (sulfide) groups is 1. The van der Waals surface area contributed by atoms with E-state index in [-0.39, 0.29) is 23.0 Å². The van der Waals surface area contributed by atoms with Crippen molar-refractivity contribution >= 4 is 17.7 Å². The summed E-state index contributed by atoms with van der Waals surface area (Å²) in [4.78, 5) is 22.4. The second-order valence-corrected chi connectivity index (χ2v) is 7.29. The van der Waals surface area contributed by atoms with Gasteiger partial charge in [0.2, 0.25) is 5.91 Å². The molecule has 1 saturated heterocycles. The van der Waals surface area contributed by atoms with Gasteiger partial charge >= 0.3 is 0 Å². The van der Waals surface area contributed by atoms with Gasteiger partial charge in [0, 0.05) is 12.1 Å². The van der Waals surface area contributed by atoms with Gasteiger partial charge in [0.25, 0.3) is 0 Å². The van der Waals surface area contributed by atoms with E-state index >= 15 is 0 Å². The SMILES string of the molecule is CSC(C)C(=O)N1CCCCC1c1ncc(-c2cccc(F)c2)[nH]1. The lowest BCUT2D eigenvalue weighted by Crippen LogP contribution is -2.42. The first-order valence-corrected chi connectivity index (χ1v) is 9.53. The summed E-state index contributed by atoms with van der Waals surface area (Å²) in [6, 6.07) is 6.41. The van der Waals surface area contributed by atoms with E-state index in [1.165, 1.54) is 12.1 Å². The number of halogens is 1. The Kier molecular flexibility index (Phi) is 5.23. The lowest BCUT2D eigenvalue weighted by molar-refractivity contribution is -0.134. The summed E-state index contributed by atoms with van der Waals surface area (Å²) in [5.41, 5.74) is 1.54. The zero-order valence-corrected chi connectivity index (χ0v) is 14.8. The highest BCUT2D eigenvalue weighted by molar-refractivity contribution is 7.99. The number of imidazole rings is 1. The number of aromatic amines is 1. The number of aromatic nitrogens is 2. The summed E-state index contributed by atoms with van der Waals surface area (Å²) >= 11 is 1.56. The first kappa shape index (κ1) is 17.0. The molecule has 1 aliphatic rings. The van der Waals surface area contributed by atoms with Crippen LogP contribution in [0.5, 0.6) is 0 Å².